The second-order valence-corrected chi connectivity index (χ2v) is 5.50. The first-order valence-corrected chi connectivity index (χ1v) is 7.85. The summed E-state index contributed by atoms with van der Waals surface area (Å²) in [5, 5.41) is 14.9. The third-order valence-electron chi connectivity index (χ3n) is 3.21. The number of hydrogen-bond donors (Lipinski definition) is 1. The van der Waals surface area contributed by atoms with Crippen molar-refractivity contribution in [3.05, 3.63) is 68.7 Å². The number of benzene rings is 2. The van der Waals surface area contributed by atoms with Crippen LogP contribution in [0.25, 0.3) is 0 Å². The van der Waals surface area contributed by atoms with Crippen LogP contribution in [0.15, 0.2) is 47.6 Å². The lowest BCUT2D eigenvalue weighted by Gasteiger charge is -2.06. The van der Waals surface area contributed by atoms with Crippen LogP contribution in [0.3, 0.4) is 0 Å². The standard InChI is InChI=1S/C17H14ClN3O6/c1-26-17(23)12-4-2-11(3-5-12)9-19-20-16(22)10-27-15-7-6-13(18)8-14(15)21(24)25/h2-9H,10H2,1H3,(H,20,22)/b19-9+. The Morgan fingerprint density at radius 1 is 1.26 bits per heavy atom. The normalized spacial score (nSPS) is 10.4. The average molecular weight is 392 g/mol. The monoisotopic (exact) mass is 391 g/mol. The molecule has 1 N–H and O–H groups in total. The number of nitro benzene ring substituents is 1. The molecule has 0 heterocycles. The van der Waals surface area contributed by atoms with Gasteiger partial charge in [-0.2, -0.15) is 5.10 Å². The second-order valence-electron chi connectivity index (χ2n) is 5.06. The van der Waals surface area contributed by atoms with E-state index >= 15 is 0 Å². The molecule has 0 aromatic heterocycles. The molecular weight excluding hydrogens is 378 g/mol. The molecule has 1 amide bonds. The summed E-state index contributed by atoms with van der Waals surface area (Å²) in [5.41, 5.74) is 2.91. The number of esters is 1. The number of carbonyl (C=O) groups is 2. The summed E-state index contributed by atoms with van der Waals surface area (Å²) in [7, 11) is 1.29. The van der Waals surface area contributed by atoms with E-state index in [1.165, 1.54) is 25.5 Å². The first-order chi connectivity index (χ1) is 12.9. The number of hydrogen-bond acceptors (Lipinski definition) is 7. The quantitative estimate of drug-likeness (QED) is 0.335. The number of halogens is 1. The number of rotatable bonds is 7. The van der Waals surface area contributed by atoms with E-state index in [4.69, 9.17) is 16.3 Å². The highest BCUT2D eigenvalue weighted by Gasteiger charge is 2.16. The summed E-state index contributed by atoms with van der Waals surface area (Å²) in [6, 6.07) is 10.2. The zero-order valence-electron chi connectivity index (χ0n) is 14.0. The minimum atomic E-state index is -0.657. The van der Waals surface area contributed by atoms with Crippen LogP contribution in [0.2, 0.25) is 5.02 Å². The van der Waals surface area contributed by atoms with Crippen molar-refractivity contribution >= 4 is 35.4 Å². The van der Waals surface area contributed by atoms with Crippen LogP contribution in [0.1, 0.15) is 15.9 Å². The topological polar surface area (TPSA) is 120 Å². The van der Waals surface area contributed by atoms with Crippen LogP contribution in [0.5, 0.6) is 5.75 Å². The van der Waals surface area contributed by atoms with Crippen molar-refractivity contribution in [3.63, 3.8) is 0 Å². The average Bonchev–Trinajstić information content (AvgIpc) is 2.66. The molecular formula is C17H14ClN3O6. The molecule has 9 nitrogen and oxygen atoms in total. The van der Waals surface area contributed by atoms with E-state index < -0.39 is 23.4 Å². The fraction of sp³-hybridized carbons (Fsp3) is 0.118. The highest BCUT2D eigenvalue weighted by atomic mass is 35.5. The molecule has 10 heteroatoms. The van der Waals surface area contributed by atoms with Gasteiger partial charge in [0.1, 0.15) is 0 Å². The fourth-order valence-electron chi connectivity index (χ4n) is 1.93. The minimum Gasteiger partial charge on any atom is -0.477 e. The zero-order chi connectivity index (χ0) is 19.8. The predicted molar refractivity (Wildman–Crippen MR) is 97.1 cm³/mol. The van der Waals surface area contributed by atoms with Crippen molar-refractivity contribution in [2.45, 2.75) is 0 Å². The van der Waals surface area contributed by atoms with E-state index in [9.17, 15) is 19.7 Å². The molecule has 0 saturated carbocycles. The van der Waals surface area contributed by atoms with Gasteiger partial charge in [-0.1, -0.05) is 23.7 Å². The van der Waals surface area contributed by atoms with Crippen molar-refractivity contribution in [1.29, 1.82) is 0 Å². The van der Waals surface area contributed by atoms with Crippen molar-refractivity contribution in [1.82, 2.24) is 5.43 Å². The van der Waals surface area contributed by atoms with Gasteiger partial charge in [0.2, 0.25) is 0 Å². The molecule has 0 aliphatic heterocycles. The molecule has 2 aromatic carbocycles. The molecule has 0 fully saturated rings. The number of carbonyl (C=O) groups excluding carboxylic acids is 2. The summed E-state index contributed by atoms with van der Waals surface area (Å²) < 4.78 is 9.72. The molecule has 2 rings (SSSR count). The summed E-state index contributed by atoms with van der Waals surface area (Å²) >= 11 is 5.70. The molecule has 0 spiro atoms. The summed E-state index contributed by atoms with van der Waals surface area (Å²) in [5.74, 6) is -1.15. The number of nitro groups is 1. The van der Waals surface area contributed by atoms with Gasteiger partial charge in [0.05, 0.1) is 23.8 Å². The highest BCUT2D eigenvalue weighted by molar-refractivity contribution is 6.30. The van der Waals surface area contributed by atoms with E-state index in [0.717, 1.165) is 6.07 Å². The predicted octanol–water partition coefficient (Wildman–Crippen LogP) is 2.56. The maximum Gasteiger partial charge on any atom is 0.337 e. The molecule has 0 aliphatic carbocycles. The third-order valence-corrected chi connectivity index (χ3v) is 3.45. The highest BCUT2D eigenvalue weighted by Crippen LogP contribution is 2.29. The Bertz CT molecular complexity index is 883. The molecule has 27 heavy (non-hydrogen) atoms. The molecule has 0 atom stereocenters. The smallest absolute Gasteiger partial charge is 0.337 e. The van der Waals surface area contributed by atoms with Crippen LogP contribution in [0, 0.1) is 10.1 Å². The van der Waals surface area contributed by atoms with Gasteiger partial charge in [-0.05, 0) is 29.8 Å². The SMILES string of the molecule is COC(=O)c1ccc(/C=N/NC(=O)COc2ccc(Cl)cc2[N+](=O)[O-])cc1. The number of nitrogens with zero attached hydrogens (tertiary/aromatic N) is 2. The Balaban J connectivity index is 1.89. The summed E-state index contributed by atoms with van der Waals surface area (Å²) in [6.45, 7) is -0.471. The van der Waals surface area contributed by atoms with Gasteiger partial charge in [-0.3, -0.25) is 14.9 Å². The van der Waals surface area contributed by atoms with Crippen molar-refractivity contribution in [2.75, 3.05) is 13.7 Å². The number of methoxy groups -OCH3 is 1. The van der Waals surface area contributed by atoms with Gasteiger partial charge < -0.3 is 9.47 Å². The van der Waals surface area contributed by atoms with Crippen molar-refractivity contribution in [2.24, 2.45) is 5.10 Å². The Labute approximate surface area is 158 Å². The fourth-order valence-corrected chi connectivity index (χ4v) is 2.10. The Morgan fingerprint density at radius 3 is 2.59 bits per heavy atom. The molecule has 0 bridgehead atoms. The van der Waals surface area contributed by atoms with E-state index in [2.05, 4.69) is 15.3 Å². The number of amides is 1. The van der Waals surface area contributed by atoms with Gasteiger partial charge in [-0.25, -0.2) is 10.2 Å². The van der Waals surface area contributed by atoms with E-state index in [1.54, 1.807) is 24.3 Å². The lowest BCUT2D eigenvalue weighted by Crippen LogP contribution is -2.24. The van der Waals surface area contributed by atoms with E-state index in [-0.39, 0.29) is 16.5 Å². The molecule has 0 saturated heterocycles. The van der Waals surface area contributed by atoms with E-state index in [0.29, 0.717) is 11.1 Å². The van der Waals surface area contributed by atoms with Gasteiger partial charge in [0.15, 0.2) is 12.4 Å². The first kappa shape index (κ1) is 19.9. The van der Waals surface area contributed by atoms with Crippen LogP contribution in [-0.4, -0.2) is 36.7 Å². The van der Waals surface area contributed by atoms with Gasteiger partial charge in [-0.15, -0.1) is 0 Å². The van der Waals surface area contributed by atoms with Gasteiger partial charge in [0, 0.05) is 11.1 Å². The van der Waals surface area contributed by atoms with Crippen molar-refractivity contribution < 1.29 is 24.0 Å². The molecule has 2 aromatic rings. The largest absolute Gasteiger partial charge is 0.477 e. The van der Waals surface area contributed by atoms with Crippen LogP contribution >= 0.6 is 11.6 Å². The van der Waals surface area contributed by atoms with Crippen molar-refractivity contribution in [3.8, 4) is 5.75 Å². The van der Waals surface area contributed by atoms with Crippen LogP contribution in [0.4, 0.5) is 5.69 Å². The van der Waals surface area contributed by atoms with Crippen LogP contribution < -0.4 is 10.2 Å². The number of hydrazone groups is 1. The molecule has 140 valence electrons. The van der Waals surface area contributed by atoms with Crippen LogP contribution in [-0.2, 0) is 9.53 Å². The summed E-state index contributed by atoms with van der Waals surface area (Å²) in [4.78, 5) is 33.3. The zero-order valence-corrected chi connectivity index (χ0v) is 14.8. The van der Waals surface area contributed by atoms with Gasteiger partial charge >= 0.3 is 11.7 Å². The molecule has 0 aliphatic rings. The van der Waals surface area contributed by atoms with E-state index in [1.807, 2.05) is 0 Å². The maximum absolute atomic E-state index is 11.7. The molecule has 0 unspecified atom stereocenters. The Hall–Kier alpha value is -3.46. The Morgan fingerprint density at radius 2 is 1.96 bits per heavy atom. The second kappa shape index (κ2) is 9.30. The number of ether oxygens (including phenoxy) is 2. The lowest BCUT2D eigenvalue weighted by molar-refractivity contribution is -0.385. The van der Waals surface area contributed by atoms with Gasteiger partial charge in [0.25, 0.3) is 5.91 Å². The number of nitrogens with one attached hydrogen (secondary N) is 1. The first-order valence-electron chi connectivity index (χ1n) is 7.47. The maximum atomic E-state index is 11.7. The minimum absolute atomic E-state index is 0.0815. The lowest BCUT2D eigenvalue weighted by atomic mass is 10.1. The molecule has 0 radical (unpaired) electrons. The third kappa shape index (κ3) is 5.79. The summed E-state index contributed by atoms with van der Waals surface area (Å²) in [6.07, 6.45) is 1.36. The Kier molecular flexibility index (Phi) is 6.84.